The molecule has 2 unspecified atom stereocenters. The number of carbonyl (C=O) groups is 2. The van der Waals surface area contributed by atoms with E-state index in [0.29, 0.717) is 0 Å². The second-order valence-corrected chi connectivity index (χ2v) is 5.97. The largest absolute Gasteiger partial charge is 2.00 e. The van der Waals surface area contributed by atoms with Crippen LogP contribution in [-0.2, 0) is 9.59 Å². The summed E-state index contributed by atoms with van der Waals surface area (Å²) < 4.78 is 0. The zero-order valence-electron chi connectivity index (χ0n) is 16.6. The number of aliphatic hydroxyl groups is 12. The molecule has 0 aliphatic carbocycles. The zero-order valence-corrected chi connectivity index (χ0v) is 21.0. The van der Waals surface area contributed by atoms with Crippen LogP contribution in [0.25, 0.3) is 0 Å². The SMILES string of the molecule is O=C([O-])C(O)[C@H](O)[C@H](O)[C@H](O)[C@H](O)CO.O=C([O-])C(O)[C@H](O)[C@H](O)[C@H](O)[C@H](O)CO.[Ca+2].[Ca+2]. The van der Waals surface area contributed by atoms with Crippen molar-refractivity contribution in [3.8, 4) is 0 Å². The predicted molar refractivity (Wildman–Crippen MR) is 95.8 cm³/mol. The summed E-state index contributed by atoms with van der Waals surface area (Å²) in [5.74, 6) is -4.07. The average Bonchev–Trinajstić information content (AvgIpc) is 2.73. The number of rotatable bonds is 12. The second kappa shape index (κ2) is 20.2. The molecule has 0 aromatic carbocycles. The predicted octanol–water partition coefficient (Wildman–Crippen LogP) is -11.7. The van der Waals surface area contributed by atoms with Crippen molar-refractivity contribution in [1.82, 2.24) is 0 Å². The minimum absolute atomic E-state index is 0. The number of carboxylic acids is 2. The Balaban J connectivity index is -0.000000231. The maximum absolute atomic E-state index is 10.1. The Kier molecular flexibility index (Phi) is 25.4. The molecule has 0 amide bonds. The molecule has 0 fully saturated rings. The minimum Gasteiger partial charge on any atom is -0.547 e. The van der Waals surface area contributed by atoms with Crippen LogP contribution >= 0.6 is 0 Å². The van der Waals surface area contributed by atoms with E-state index in [1.54, 1.807) is 0 Å². The molecule has 0 heterocycles. The molecule has 0 rings (SSSR count). The third-order valence-corrected chi connectivity index (χ3v) is 3.69. The molecule has 0 saturated heterocycles. The first kappa shape index (κ1) is 40.2. The molecule has 0 aromatic rings. The van der Waals surface area contributed by atoms with Gasteiger partial charge in [-0.15, -0.1) is 0 Å². The third-order valence-electron chi connectivity index (χ3n) is 3.69. The summed E-state index contributed by atoms with van der Waals surface area (Å²) in [5, 5.41) is 126. The summed E-state index contributed by atoms with van der Waals surface area (Å²) in [6.45, 7) is -1.79. The first-order chi connectivity index (χ1) is 13.6. The van der Waals surface area contributed by atoms with Gasteiger partial charge in [0, 0.05) is 0 Å². The minimum atomic E-state index is -2.40. The molecule has 32 heavy (non-hydrogen) atoms. The molecule has 0 aromatic heterocycles. The summed E-state index contributed by atoms with van der Waals surface area (Å²) in [5.41, 5.74) is 0. The van der Waals surface area contributed by atoms with Gasteiger partial charge in [0.1, 0.15) is 61.0 Å². The first-order valence-corrected chi connectivity index (χ1v) is 8.09. The van der Waals surface area contributed by atoms with Crippen molar-refractivity contribution in [2.45, 2.75) is 61.0 Å². The maximum Gasteiger partial charge on any atom is 2.00 e. The van der Waals surface area contributed by atoms with E-state index in [9.17, 15) is 19.8 Å². The fourth-order valence-corrected chi connectivity index (χ4v) is 1.73. The van der Waals surface area contributed by atoms with Gasteiger partial charge in [0.05, 0.1) is 25.2 Å². The molecule has 0 aliphatic heterocycles. The topological polar surface area (TPSA) is 323 Å². The monoisotopic (exact) mass is 530 g/mol. The number of hydrogen-bond donors (Lipinski definition) is 12. The standard InChI is InChI=1S/2C7H14O8.2Ca/c2*8-1-2(9)3(10)4(11)5(12)6(13)7(14)15;;/h2*2-6,8-13H,1H2,(H,14,15);;/q;;2*+2/p-2/t2*2-,3-,4-,5-,6?;;/m11../s1. The fourth-order valence-electron chi connectivity index (χ4n) is 1.73. The third kappa shape index (κ3) is 13.8. The van der Waals surface area contributed by atoms with Crippen molar-refractivity contribution in [2.75, 3.05) is 13.2 Å². The fraction of sp³-hybridized carbons (Fsp3) is 0.857. The van der Waals surface area contributed by atoms with E-state index in [0.717, 1.165) is 0 Å². The molecule has 180 valence electrons. The molecule has 16 nitrogen and oxygen atoms in total. The normalized spacial score (nSPS) is 20.1. The van der Waals surface area contributed by atoms with E-state index in [4.69, 9.17) is 61.3 Å². The summed E-state index contributed by atoms with van der Waals surface area (Å²) in [4.78, 5) is 20.2. The number of aliphatic carboxylic acids is 2. The van der Waals surface area contributed by atoms with Crippen LogP contribution in [0.5, 0.6) is 0 Å². The van der Waals surface area contributed by atoms with Crippen molar-refractivity contribution < 1.29 is 81.1 Å². The quantitative estimate of drug-likeness (QED) is 0.104. The average molecular weight is 531 g/mol. The molecule has 0 radical (unpaired) electrons. The summed E-state index contributed by atoms with van der Waals surface area (Å²) in [6.07, 6.45) is -21.0. The van der Waals surface area contributed by atoms with Gasteiger partial charge in [-0.2, -0.15) is 0 Å². The Hall–Kier alpha value is 0.979. The van der Waals surface area contributed by atoms with Gasteiger partial charge in [0.25, 0.3) is 0 Å². The smallest absolute Gasteiger partial charge is 0.547 e. The van der Waals surface area contributed by atoms with Crippen molar-refractivity contribution >= 4 is 87.4 Å². The van der Waals surface area contributed by atoms with E-state index >= 15 is 0 Å². The van der Waals surface area contributed by atoms with E-state index in [2.05, 4.69) is 0 Å². The van der Waals surface area contributed by atoms with Crippen molar-refractivity contribution in [1.29, 1.82) is 0 Å². The van der Waals surface area contributed by atoms with Crippen LogP contribution in [0.15, 0.2) is 0 Å². The van der Waals surface area contributed by atoms with E-state index in [-0.39, 0.29) is 75.5 Å². The van der Waals surface area contributed by atoms with Crippen molar-refractivity contribution in [3.63, 3.8) is 0 Å². The van der Waals surface area contributed by atoms with E-state index < -0.39 is 86.2 Å². The number of hydrogen-bond acceptors (Lipinski definition) is 16. The second-order valence-electron chi connectivity index (χ2n) is 5.97. The van der Waals surface area contributed by atoms with E-state index in [1.807, 2.05) is 0 Å². The van der Waals surface area contributed by atoms with Gasteiger partial charge < -0.3 is 81.1 Å². The van der Waals surface area contributed by atoms with Crippen LogP contribution < -0.4 is 10.2 Å². The van der Waals surface area contributed by atoms with Crippen LogP contribution in [0.3, 0.4) is 0 Å². The van der Waals surface area contributed by atoms with Crippen LogP contribution in [0.2, 0.25) is 0 Å². The molecule has 10 atom stereocenters. The number of aliphatic hydroxyl groups excluding tert-OH is 12. The van der Waals surface area contributed by atoms with Gasteiger partial charge in [-0.05, 0) is 0 Å². The van der Waals surface area contributed by atoms with Gasteiger partial charge >= 0.3 is 75.5 Å². The van der Waals surface area contributed by atoms with Crippen LogP contribution in [-0.4, -0.2) is 223 Å². The molecule has 0 saturated carbocycles. The van der Waals surface area contributed by atoms with Crippen LogP contribution in [0.4, 0.5) is 0 Å². The Morgan fingerprint density at radius 1 is 0.500 bits per heavy atom. The summed E-state index contributed by atoms with van der Waals surface area (Å²) in [7, 11) is 0. The van der Waals surface area contributed by atoms with Crippen molar-refractivity contribution in [3.05, 3.63) is 0 Å². The molecule has 0 bridgehead atoms. The van der Waals surface area contributed by atoms with E-state index in [1.165, 1.54) is 0 Å². The van der Waals surface area contributed by atoms with Crippen LogP contribution in [0, 0.1) is 0 Å². The molecular formula is C14H26Ca2O16+2. The van der Waals surface area contributed by atoms with Crippen molar-refractivity contribution in [2.24, 2.45) is 0 Å². The number of carboxylic acid groups (broad SMARTS) is 2. The Labute approximate surface area is 240 Å². The molecule has 12 N–H and O–H groups in total. The van der Waals surface area contributed by atoms with Gasteiger partial charge in [-0.3, -0.25) is 0 Å². The molecule has 0 aliphatic rings. The Bertz CT molecular complexity index is 469. The molecular weight excluding hydrogens is 504 g/mol. The molecule has 0 spiro atoms. The van der Waals surface area contributed by atoms with Gasteiger partial charge in [-0.1, -0.05) is 0 Å². The Morgan fingerprint density at radius 3 is 0.875 bits per heavy atom. The Morgan fingerprint density at radius 2 is 0.719 bits per heavy atom. The first-order valence-electron chi connectivity index (χ1n) is 8.09. The molecule has 18 heteroatoms. The summed E-state index contributed by atoms with van der Waals surface area (Å²) >= 11 is 0. The van der Waals surface area contributed by atoms with Crippen LogP contribution in [0.1, 0.15) is 0 Å². The number of carbonyl (C=O) groups excluding carboxylic acids is 2. The van der Waals surface area contributed by atoms with Gasteiger partial charge in [-0.25, -0.2) is 0 Å². The van der Waals surface area contributed by atoms with Gasteiger partial charge in [0.2, 0.25) is 0 Å². The summed E-state index contributed by atoms with van der Waals surface area (Å²) in [6, 6.07) is 0. The van der Waals surface area contributed by atoms with Gasteiger partial charge in [0.15, 0.2) is 0 Å². The maximum atomic E-state index is 10.1. The zero-order chi connectivity index (χ0) is 24.3.